The average Bonchev–Trinajstić information content (AvgIpc) is 2.94. The Morgan fingerprint density at radius 1 is 1.26 bits per heavy atom. The number of piperidine rings is 1. The fourth-order valence-electron chi connectivity index (χ4n) is 3.29. The van der Waals surface area contributed by atoms with Crippen molar-refractivity contribution in [2.24, 2.45) is 5.92 Å². The van der Waals surface area contributed by atoms with Crippen LogP contribution in [-0.4, -0.2) is 47.3 Å². The van der Waals surface area contributed by atoms with Gasteiger partial charge in [-0.2, -0.15) is 0 Å². The van der Waals surface area contributed by atoms with E-state index in [9.17, 15) is 9.59 Å². The third kappa shape index (κ3) is 2.99. The number of likely N-dealkylation sites (tertiary alicyclic amines) is 2. The lowest BCUT2D eigenvalue weighted by atomic mass is 9.96. The smallest absolute Gasteiger partial charge is 0.245 e. The number of rotatable bonds is 3. The first-order valence-electron chi connectivity index (χ1n) is 7.39. The van der Waals surface area contributed by atoms with E-state index >= 15 is 0 Å². The van der Waals surface area contributed by atoms with Gasteiger partial charge in [0.05, 0.1) is 5.92 Å². The van der Waals surface area contributed by atoms with Crippen molar-refractivity contribution >= 4 is 11.8 Å². The molecule has 0 aromatic heterocycles. The minimum Gasteiger partial charge on any atom is -0.339 e. The molecule has 0 aromatic rings. The predicted octanol–water partition coefficient (Wildman–Crippen LogP) is 1.81. The molecule has 4 heteroatoms. The minimum atomic E-state index is -0.0500. The molecule has 0 aromatic carbocycles. The molecule has 2 atom stereocenters. The molecule has 2 rings (SSSR count). The molecule has 2 aliphatic rings. The van der Waals surface area contributed by atoms with Crippen LogP contribution in [-0.2, 0) is 9.59 Å². The van der Waals surface area contributed by atoms with Gasteiger partial charge in [-0.25, -0.2) is 0 Å². The normalized spacial score (nSPS) is 27.4. The van der Waals surface area contributed by atoms with Crippen LogP contribution in [0.15, 0.2) is 12.7 Å². The maximum Gasteiger partial charge on any atom is 0.245 e. The Balaban J connectivity index is 1.98. The summed E-state index contributed by atoms with van der Waals surface area (Å²) in [6, 6.07) is 0.415. The van der Waals surface area contributed by atoms with E-state index in [2.05, 4.69) is 13.5 Å². The van der Waals surface area contributed by atoms with Crippen molar-refractivity contribution in [1.29, 1.82) is 0 Å². The van der Waals surface area contributed by atoms with Crippen LogP contribution in [0.1, 0.15) is 39.0 Å². The molecule has 106 valence electrons. The lowest BCUT2D eigenvalue weighted by Crippen LogP contribution is -2.47. The quantitative estimate of drug-likeness (QED) is 0.729. The van der Waals surface area contributed by atoms with Crippen LogP contribution in [0.25, 0.3) is 0 Å². The molecule has 0 saturated carbocycles. The van der Waals surface area contributed by atoms with Crippen LogP contribution in [0.5, 0.6) is 0 Å². The Morgan fingerprint density at radius 3 is 2.68 bits per heavy atom. The Bertz CT molecular complexity index is 367. The van der Waals surface area contributed by atoms with Crippen molar-refractivity contribution in [2.75, 3.05) is 19.6 Å². The number of hydrogen-bond acceptors (Lipinski definition) is 2. The summed E-state index contributed by atoms with van der Waals surface area (Å²) in [5, 5.41) is 0. The summed E-state index contributed by atoms with van der Waals surface area (Å²) in [4.78, 5) is 28.1. The van der Waals surface area contributed by atoms with Crippen molar-refractivity contribution < 1.29 is 9.59 Å². The molecule has 0 bridgehead atoms. The first-order valence-corrected chi connectivity index (χ1v) is 7.39. The highest BCUT2D eigenvalue weighted by atomic mass is 16.2. The van der Waals surface area contributed by atoms with Crippen LogP contribution >= 0.6 is 0 Å². The number of amides is 2. The molecule has 2 heterocycles. The van der Waals surface area contributed by atoms with Crippen molar-refractivity contribution in [3.8, 4) is 0 Å². The zero-order valence-electron chi connectivity index (χ0n) is 11.8. The van der Waals surface area contributed by atoms with E-state index in [-0.39, 0.29) is 17.7 Å². The molecule has 2 aliphatic heterocycles. The fourth-order valence-corrected chi connectivity index (χ4v) is 3.29. The lowest BCUT2D eigenvalue weighted by molar-refractivity contribution is -0.140. The molecule has 0 spiro atoms. The highest BCUT2D eigenvalue weighted by Crippen LogP contribution is 2.26. The topological polar surface area (TPSA) is 40.6 Å². The minimum absolute atomic E-state index is 0.00944. The van der Waals surface area contributed by atoms with E-state index in [1.807, 2.05) is 4.90 Å². The van der Waals surface area contributed by atoms with Gasteiger partial charge in [0.2, 0.25) is 11.8 Å². The second kappa shape index (κ2) is 6.22. The van der Waals surface area contributed by atoms with E-state index in [4.69, 9.17) is 0 Å². The monoisotopic (exact) mass is 264 g/mol. The Morgan fingerprint density at radius 2 is 2.00 bits per heavy atom. The van der Waals surface area contributed by atoms with Gasteiger partial charge in [-0.05, 0) is 38.2 Å². The molecule has 2 unspecified atom stereocenters. The van der Waals surface area contributed by atoms with Gasteiger partial charge in [0, 0.05) is 25.7 Å². The summed E-state index contributed by atoms with van der Waals surface area (Å²) in [5.74, 6) is 0.196. The molecule has 2 amide bonds. The fraction of sp³-hybridized carbons (Fsp3) is 0.733. The van der Waals surface area contributed by atoms with Crippen molar-refractivity contribution in [3.63, 3.8) is 0 Å². The summed E-state index contributed by atoms with van der Waals surface area (Å²) >= 11 is 0. The van der Waals surface area contributed by atoms with Crippen LogP contribution < -0.4 is 0 Å². The van der Waals surface area contributed by atoms with E-state index < -0.39 is 0 Å². The van der Waals surface area contributed by atoms with Crippen LogP contribution in [0, 0.1) is 5.92 Å². The van der Waals surface area contributed by atoms with E-state index in [1.54, 1.807) is 4.90 Å². The van der Waals surface area contributed by atoms with Crippen LogP contribution in [0.3, 0.4) is 0 Å². The lowest BCUT2D eigenvalue weighted by Gasteiger charge is -2.35. The molecule has 0 radical (unpaired) electrons. The third-order valence-corrected chi connectivity index (χ3v) is 4.39. The zero-order chi connectivity index (χ0) is 13.8. The summed E-state index contributed by atoms with van der Waals surface area (Å²) < 4.78 is 0. The van der Waals surface area contributed by atoms with Gasteiger partial charge in [-0.15, -0.1) is 0 Å². The van der Waals surface area contributed by atoms with Crippen molar-refractivity contribution in [2.45, 2.75) is 45.1 Å². The summed E-state index contributed by atoms with van der Waals surface area (Å²) in [6.07, 6.45) is 6.45. The molecule has 19 heavy (non-hydrogen) atoms. The molecular weight excluding hydrogens is 240 g/mol. The second-order valence-electron chi connectivity index (χ2n) is 5.56. The zero-order valence-corrected chi connectivity index (χ0v) is 11.8. The van der Waals surface area contributed by atoms with E-state index in [1.165, 1.54) is 6.08 Å². The predicted molar refractivity (Wildman–Crippen MR) is 74.5 cm³/mol. The highest BCUT2D eigenvalue weighted by molar-refractivity contribution is 5.88. The Labute approximate surface area is 115 Å². The molecule has 0 N–H and O–H groups in total. The standard InChI is InChI=1S/C15H24N2O2/c1-3-13-8-6-10-17(13)15(19)12-7-5-9-16(11-12)14(18)4-2/h4,12-13H,2-3,5-11H2,1H3. The van der Waals surface area contributed by atoms with Gasteiger partial charge in [0.1, 0.15) is 0 Å². The SMILES string of the molecule is C=CC(=O)N1CCCC(C(=O)N2CCCC2CC)C1. The Kier molecular flexibility index (Phi) is 4.61. The first-order chi connectivity index (χ1) is 9.17. The van der Waals surface area contributed by atoms with Gasteiger partial charge in [0.25, 0.3) is 0 Å². The van der Waals surface area contributed by atoms with Gasteiger partial charge < -0.3 is 9.80 Å². The van der Waals surface area contributed by atoms with Crippen molar-refractivity contribution in [1.82, 2.24) is 9.80 Å². The average molecular weight is 264 g/mol. The molecule has 0 aliphatic carbocycles. The van der Waals surface area contributed by atoms with Gasteiger partial charge >= 0.3 is 0 Å². The molecule has 4 nitrogen and oxygen atoms in total. The largest absolute Gasteiger partial charge is 0.339 e. The number of nitrogens with zero attached hydrogens (tertiary/aromatic N) is 2. The van der Waals surface area contributed by atoms with Gasteiger partial charge in [-0.1, -0.05) is 13.5 Å². The molecule has 2 fully saturated rings. The highest BCUT2D eigenvalue weighted by Gasteiger charge is 2.34. The molecular formula is C15H24N2O2. The van der Waals surface area contributed by atoms with Crippen LogP contribution in [0.4, 0.5) is 0 Å². The summed E-state index contributed by atoms with van der Waals surface area (Å²) in [6.45, 7) is 7.88. The van der Waals surface area contributed by atoms with E-state index in [0.29, 0.717) is 12.6 Å². The maximum atomic E-state index is 12.6. The van der Waals surface area contributed by atoms with Gasteiger partial charge in [0.15, 0.2) is 0 Å². The summed E-state index contributed by atoms with van der Waals surface area (Å²) in [7, 11) is 0. The van der Waals surface area contributed by atoms with Gasteiger partial charge in [-0.3, -0.25) is 9.59 Å². The summed E-state index contributed by atoms with van der Waals surface area (Å²) in [5.41, 5.74) is 0. The number of carbonyl (C=O) groups excluding carboxylic acids is 2. The first kappa shape index (κ1) is 14.1. The third-order valence-electron chi connectivity index (χ3n) is 4.39. The Hall–Kier alpha value is -1.32. The maximum absolute atomic E-state index is 12.6. The molecule has 2 saturated heterocycles. The van der Waals surface area contributed by atoms with Crippen LogP contribution in [0.2, 0.25) is 0 Å². The number of carbonyl (C=O) groups is 2. The second-order valence-corrected chi connectivity index (χ2v) is 5.56. The van der Waals surface area contributed by atoms with Crippen molar-refractivity contribution in [3.05, 3.63) is 12.7 Å². The van der Waals surface area contributed by atoms with E-state index in [0.717, 1.165) is 45.2 Å². The number of hydrogen-bond donors (Lipinski definition) is 0.